The Morgan fingerprint density at radius 3 is 3.04 bits per heavy atom. The van der Waals surface area contributed by atoms with Crippen LogP contribution in [0.1, 0.15) is 18.9 Å². The summed E-state index contributed by atoms with van der Waals surface area (Å²) in [5.74, 6) is 0.655. The van der Waals surface area contributed by atoms with Crippen LogP contribution < -0.4 is 15.4 Å². The first-order chi connectivity index (χ1) is 11.2. The lowest BCUT2D eigenvalue weighted by Gasteiger charge is -2.19. The highest BCUT2D eigenvalue weighted by atomic mass is 16.5. The maximum atomic E-state index is 11.9. The number of carbonyl (C=O) groups excluding carboxylic acids is 2. The predicted octanol–water partition coefficient (Wildman–Crippen LogP) is 1.81. The summed E-state index contributed by atoms with van der Waals surface area (Å²) in [4.78, 5) is 23.5. The number of anilines is 2. The number of aryl methyl sites for hydroxylation is 2. The summed E-state index contributed by atoms with van der Waals surface area (Å²) in [6.07, 6.45) is 2.94. The fourth-order valence-electron chi connectivity index (χ4n) is 2.42. The average molecular weight is 314 g/mol. The van der Waals surface area contributed by atoms with Gasteiger partial charge in [0.05, 0.1) is 5.69 Å². The number of fused-ring (bicyclic) bond motifs is 1. The van der Waals surface area contributed by atoms with Crippen molar-refractivity contribution in [1.82, 2.24) is 9.78 Å². The van der Waals surface area contributed by atoms with E-state index in [2.05, 4.69) is 15.7 Å². The molecule has 0 saturated heterocycles. The van der Waals surface area contributed by atoms with E-state index < -0.39 is 0 Å². The lowest BCUT2D eigenvalue weighted by atomic mass is 10.0. The van der Waals surface area contributed by atoms with E-state index in [1.54, 1.807) is 23.0 Å². The van der Waals surface area contributed by atoms with Crippen LogP contribution in [0.15, 0.2) is 30.5 Å². The summed E-state index contributed by atoms with van der Waals surface area (Å²) in [5, 5.41) is 9.65. The summed E-state index contributed by atoms with van der Waals surface area (Å²) in [5.41, 5.74) is 1.68. The molecule has 120 valence electrons. The summed E-state index contributed by atoms with van der Waals surface area (Å²) in [7, 11) is 0. The van der Waals surface area contributed by atoms with Crippen molar-refractivity contribution < 1.29 is 14.3 Å². The van der Waals surface area contributed by atoms with E-state index in [4.69, 9.17) is 4.74 Å². The van der Waals surface area contributed by atoms with Crippen molar-refractivity contribution in [3.05, 3.63) is 36.0 Å². The van der Waals surface area contributed by atoms with Gasteiger partial charge in [0, 0.05) is 25.2 Å². The average Bonchev–Trinajstić information content (AvgIpc) is 3.00. The lowest BCUT2D eigenvalue weighted by Crippen LogP contribution is -2.23. The highest BCUT2D eigenvalue weighted by Gasteiger charge is 2.19. The molecule has 0 radical (unpaired) electrons. The van der Waals surface area contributed by atoms with Crippen LogP contribution in [0.5, 0.6) is 5.75 Å². The third-order valence-electron chi connectivity index (χ3n) is 3.59. The van der Waals surface area contributed by atoms with Crippen molar-refractivity contribution in [1.29, 1.82) is 0 Å². The van der Waals surface area contributed by atoms with Gasteiger partial charge in [0.15, 0.2) is 12.4 Å². The van der Waals surface area contributed by atoms with E-state index in [-0.39, 0.29) is 18.4 Å². The first-order valence-electron chi connectivity index (χ1n) is 7.53. The van der Waals surface area contributed by atoms with Gasteiger partial charge in [-0.15, -0.1) is 0 Å². The number of ether oxygens (including phenoxy) is 1. The molecule has 1 aliphatic heterocycles. The van der Waals surface area contributed by atoms with Crippen LogP contribution in [-0.4, -0.2) is 28.2 Å². The van der Waals surface area contributed by atoms with Crippen molar-refractivity contribution in [3.8, 4) is 5.75 Å². The molecule has 0 atom stereocenters. The molecule has 2 heterocycles. The third-order valence-corrected chi connectivity index (χ3v) is 3.59. The quantitative estimate of drug-likeness (QED) is 0.881. The smallest absolute Gasteiger partial charge is 0.263 e. The van der Waals surface area contributed by atoms with Crippen molar-refractivity contribution in [3.63, 3.8) is 0 Å². The van der Waals surface area contributed by atoms with Gasteiger partial charge in [0.2, 0.25) is 5.91 Å². The zero-order valence-electron chi connectivity index (χ0n) is 12.8. The fraction of sp³-hybridized carbons (Fsp3) is 0.312. The molecule has 0 fully saturated rings. The Balaban J connectivity index is 1.62. The zero-order valence-corrected chi connectivity index (χ0v) is 12.8. The van der Waals surface area contributed by atoms with E-state index >= 15 is 0 Å². The summed E-state index contributed by atoms with van der Waals surface area (Å²) in [6, 6.07) is 7.26. The minimum atomic E-state index is -0.300. The van der Waals surface area contributed by atoms with Gasteiger partial charge in [-0.25, -0.2) is 0 Å². The number of hydrogen-bond acceptors (Lipinski definition) is 4. The SMILES string of the molecule is CCn1ccc(NC(=O)COc2cccc3c2NC(=O)CC3)n1. The largest absolute Gasteiger partial charge is 0.482 e. The van der Waals surface area contributed by atoms with E-state index in [0.29, 0.717) is 30.1 Å². The van der Waals surface area contributed by atoms with Gasteiger partial charge in [0.25, 0.3) is 5.91 Å². The molecule has 0 aliphatic carbocycles. The number of rotatable bonds is 5. The van der Waals surface area contributed by atoms with Crippen LogP contribution in [0.3, 0.4) is 0 Å². The first-order valence-corrected chi connectivity index (χ1v) is 7.53. The van der Waals surface area contributed by atoms with Gasteiger partial charge >= 0.3 is 0 Å². The Morgan fingerprint density at radius 1 is 1.39 bits per heavy atom. The van der Waals surface area contributed by atoms with Crippen molar-refractivity contribution in [2.24, 2.45) is 0 Å². The van der Waals surface area contributed by atoms with Crippen LogP contribution in [0.4, 0.5) is 11.5 Å². The molecule has 3 rings (SSSR count). The van der Waals surface area contributed by atoms with Gasteiger partial charge < -0.3 is 15.4 Å². The van der Waals surface area contributed by atoms with Crippen molar-refractivity contribution in [2.75, 3.05) is 17.2 Å². The van der Waals surface area contributed by atoms with Crippen LogP contribution in [-0.2, 0) is 22.6 Å². The van der Waals surface area contributed by atoms with Gasteiger partial charge in [-0.1, -0.05) is 12.1 Å². The zero-order chi connectivity index (χ0) is 16.2. The van der Waals surface area contributed by atoms with E-state index in [1.807, 2.05) is 19.1 Å². The molecule has 7 heteroatoms. The van der Waals surface area contributed by atoms with Gasteiger partial charge in [-0.2, -0.15) is 5.10 Å². The minimum absolute atomic E-state index is 0.0388. The Hall–Kier alpha value is -2.83. The Labute approximate surface area is 133 Å². The van der Waals surface area contributed by atoms with E-state index in [1.165, 1.54) is 0 Å². The van der Waals surface area contributed by atoms with Crippen LogP contribution in [0.25, 0.3) is 0 Å². The van der Waals surface area contributed by atoms with Gasteiger partial charge in [-0.3, -0.25) is 14.3 Å². The highest BCUT2D eigenvalue weighted by Crippen LogP contribution is 2.32. The second kappa shape index (κ2) is 6.51. The Kier molecular flexibility index (Phi) is 4.27. The number of aromatic nitrogens is 2. The number of amides is 2. The molecule has 2 amide bonds. The molecule has 0 unspecified atom stereocenters. The molecule has 2 N–H and O–H groups in total. The fourth-order valence-corrected chi connectivity index (χ4v) is 2.42. The summed E-state index contributed by atoms with van der Waals surface area (Å²) >= 11 is 0. The number of hydrogen-bond donors (Lipinski definition) is 2. The number of benzene rings is 1. The number of nitrogens with one attached hydrogen (secondary N) is 2. The second-order valence-electron chi connectivity index (χ2n) is 5.23. The molecule has 0 bridgehead atoms. The maximum Gasteiger partial charge on any atom is 0.263 e. The predicted molar refractivity (Wildman–Crippen MR) is 85.4 cm³/mol. The van der Waals surface area contributed by atoms with Gasteiger partial charge in [0.1, 0.15) is 5.75 Å². The third kappa shape index (κ3) is 3.50. The monoisotopic (exact) mass is 314 g/mol. The molecular formula is C16H18N4O3. The number of para-hydroxylation sites is 1. The molecule has 1 aromatic carbocycles. The first kappa shape index (κ1) is 15.1. The van der Waals surface area contributed by atoms with Crippen molar-refractivity contribution in [2.45, 2.75) is 26.3 Å². The van der Waals surface area contributed by atoms with Crippen LogP contribution in [0.2, 0.25) is 0 Å². The number of nitrogens with zero attached hydrogens (tertiary/aromatic N) is 2. The molecular weight excluding hydrogens is 296 g/mol. The topological polar surface area (TPSA) is 85.3 Å². The molecule has 23 heavy (non-hydrogen) atoms. The van der Waals surface area contributed by atoms with Crippen molar-refractivity contribution >= 4 is 23.3 Å². The normalized spacial score (nSPS) is 13.2. The summed E-state index contributed by atoms with van der Waals surface area (Å²) in [6.45, 7) is 2.56. The molecule has 2 aromatic rings. The molecule has 1 aliphatic rings. The molecule has 0 spiro atoms. The molecule has 0 saturated carbocycles. The van der Waals surface area contributed by atoms with E-state index in [0.717, 1.165) is 12.1 Å². The summed E-state index contributed by atoms with van der Waals surface area (Å²) < 4.78 is 7.28. The standard InChI is InChI=1S/C16H18N4O3/c1-2-20-9-8-13(19-20)17-15(22)10-23-12-5-3-4-11-6-7-14(21)18-16(11)12/h3-5,8-9H,2,6-7,10H2,1H3,(H,18,21)(H,17,19,22). The number of carbonyl (C=O) groups is 2. The maximum absolute atomic E-state index is 11.9. The second-order valence-corrected chi connectivity index (χ2v) is 5.23. The molecule has 7 nitrogen and oxygen atoms in total. The van der Waals surface area contributed by atoms with Crippen LogP contribution in [0, 0.1) is 0 Å². The highest BCUT2D eigenvalue weighted by molar-refractivity contribution is 5.96. The van der Waals surface area contributed by atoms with Gasteiger partial charge in [-0.05, 0) is 25.0 Å². The minimum Gasteiger partial charge on any atom is -0.482 e. The molecule has 1 aromatic heterocycles. The Bertz CT molecular complexity index is 739. The van der Waals surface area contributed by atoms with E-state index in [9.17, 15) is 9.59 Å². The van der Waals surface area contributed by atoms with Crippen LogP contribution >= 0.6 is 0 Å². The Morgan fingerprint density at radius 2 is 2.26 bits per heavy atom. The lowest BCUT2D eigenvalue weighted by molar-refractivity contribution is -0.118.